The number of aliphatic hydroxyl groups excluding tert-OH is 2. The van der Waals surface area contributed by atoms with E-state index >= 15 is 0 Å². The first-order valence-electron chi connectivity index (χ1n) is 11.8. The van der Waals surface area contributed by atoms with Gasteiger partial charge in [-0.05, 0) is 32.8 Å². The number of urea groups is 1. The normalized spacial score (nSPS) is 18.3. The highest BCUT2D eigenvalue weighted by Crippen LogP contribution is 2.39. The molecular weight excluding hydrogens is 513 g/mol. The minimum absolute atomic E-state index is 0.0637. The molecule has 4 heterocycles. The number of amides is 3. The van der Waals surface area contributed by atoms with Crippen LogP contribution >= 0.6 is 0 Å². The molecule has 38 heavy (non-hydrogen) atoms. The van der Waals surface area contributed by atoms with E-state index in [1.165, 1.54) is 17.0 Å². The summed E-state index contributed by atoms with van der Waals surface area (Å²) >= 11 is 0. The summed E-state index contributed by atoms with van der Waals surface area (Å²) < 4.78 is 44.1. The van der Waals surface area contributed by atoms with Crippen LogP contribution in [0.5, 0.6) is 5.88 Å². The number of ether oxygens (including phenoxy) is 1. The number of carbonyl (C=O) groups excluding carboxylic acids is 2. The highest BCUT2D eigenvalue weighted by molar-refractivity contribution is 6.04. The lowest BCUT2D eigenvalue weighted by Crippen LogP contribution is -2.56. The molecule has 206 valence electrons. The highest BCUT2D eigenvalue weighted by atomic mass is 19.4. The molecule has 1 fully saturated rings. The molecule has 2 aliphatic rings. The van der Waals surface area contributed by atoms with Crippen molar-refractivity contribution in [3.63, 3.8) is 0 Å². The monoisotopic (exact) mass is 540 g/mol. The molecule has 16 heteroatoms. The molecule has 3 amide bonds. The minimum atomic E-state index is -4.65. The van der Waals surface area contributed by atoms with Crippen LogP contribution < -0.4 is 25.2 Å². The Labute approximate surface area is 215 Å². The molecule has 1 saturated heterocycles. The summed E-state index contributed by atoms with van der Waals surface area (Å²) in [5, 5.41) is 30.4. The average Bonchev–Trinajstić information content (AvgIpc) is 2.87. The zero-order valence-corrected chi connectivity index (χ0v) is 20.6. The predicted octanol–water partition coefficient (Wildman–Crippen LogP) is 1.01. The number of hydrogen-bond donors (Lipinski definition) is 4. The van der Waals surface area contributed by atoms with E-state index in [2.05, 4.69) is 25.5 Å². The molecule has 4 N–H and O–H groups in total. The van der Waals surface area contributed by atoms with Gasteiger partial charge < -0.3 is 25.2 Å². The summed E-state index contributed by atoms with van der Waals surface area (Å²) in [5.41, 5.74) is 0.873. The Hall–Kier alpha value is -3.79. The SMILES string of the molecule is Cc1nc(C(=O)N[C@H](C)C(F)(F)F)nc2c1N1CCCC(C1)N2C(=O)Nc1ccc(OC[C@@H](O)CO)nn1. The third-order valence-electron chi connectivity index (χ3n) is 6.12. The maximum absolute atomic E-state index is 13.4. The van der Waals surface area contributed by atoms with Gasteiger partial charge in [0.15, 0.2) is 11.6 Å². The van der Waals surface area contributed by atoms with Gasteiger partial charge in [-0.2, -0.15) is 13.2 Å². The van der Waals surface area contributed by atoms with E-state index in [1.807, 2.05) is 10.2 Å². The van der Waals surface area contributed by atoms with E-state index in [9.17, 15) is 27.9 Å². The standard InChI is InChI=1S/C22H27F3N8O5/c1-11-17-19(29-18(26-11)20(36)27-12(2)22(23,24)25)33(13-4-3-7-32(17)8-13)21(37)28-15-5-6-16(31-30-15)38-10-14(35)9-34/h5-6,12-14,34-35H,3-4,7-10H2,1-2H3,(H,27,36)(H,28,30,37)/t12-,13?,14+/m1/s1. The number of alkyl halides is 3. The van der Waals surface area contributed by atoms with Crippen molar-refractivity contribution in [2.24, 2.45) is 0 Å². The summed E-state index contributed by atoms with van der Waals surface area (Å²) in [6, 6.07) is -0.215. The van der Waals surface area contributed by atoms with Crippen molar-refractivity contribution in [3.05, 3.63) is 23.7 Å². The number of hydrogen-bond acceptors (Lipinski definition) is 10. The van der Waals surface area contributed by atoms with Crippen molar-refractivity contribution >= 4 is 29.3 Å². The quantitative estimate of drug-likeness (QED) is 0.398. The summed E-state index contributed by atoms with van der Waals surface area (Å²) in [6.45, 7) is 2.91. The molecule has 1 unspecified atom stereocenters. The molecule has 2 aromatic rings. The van der Waals surface area contributed by atoms with Gasteiger partial charge in [0.2, 0.25) is 11.7 Å². The van der Waals surface area contributed by atoms with E-state index in [0.29, 0.717) is 30.9 Å². The van der Waals surface area contributed by atoms with E-state index in [-0.39, 0.29) is 30.2 Å². The van der Waals surface area contributed by atoms with Gasteiger partial charge in [0.05, 0.1) is 18.3 Å². The Morgan fingerprint density at radius 1 is 1.26 bits per heavy atom. The summed E-state index contributed by atoms with van der Waals surface area (Å²) in [6.07, 6.45) is -4.30. The number of fused-ring (bicyclic) bond motifs is 4. The Morgan fingerprint density at radius 3 is 2.68 bits per heavy atom. The zero-order valence-electron chi connectivity index (χ0n) is 20.6. The maximum Gasteiger partial charge on any atom is 0.408 e. The lowest BCUT2D eigenvalue weighted by molar-refractivity contribution is -0.149. The van der Waals surface area contributed by atoms with E-state index < -0.39 is 42.7 Å². The van der Waals surface area contributed by atoms with Crippen molar-refractivity contribution in [1.82, 2.24) is 25.5 Å². The van der Waals surface area contributed by atoms with Gasteiger partial charge in [-0.15, -0.1) is 10.2 Å². The topological polar surface area (TPSA) is 166 Å². The average molecular weight is 541 g/mol. The number of aromatic nitrogens is 4. The van der Waals surface area contributed by atoms with Crippen molar-refractivity contribution in [3.8, 4) is 5.88 Å². The van der Waals surface area contributed by atoms with Gasteiger partial charge >= 0.3 is 12.2 Å². The van der Waals surface area contributed by atoms with E-state index in [0.717, 1.165) is 13.3 Å². The number of aliphatic hydroxyl groups is 2. The Bertz CT molecular complexity index is 1180. The number of aryl methyl sites for hydroxylation is 1. The molecule has 2 aliphatic heterocycles. The number of piperidine rings is 1. The number of carbonyl (C=O) groups is 2. The Kier molecular flexibility index (Phi) is 7.82. The smallest absolute Gasteiger partial charge is 0.408 e. The first-order valence-corrected chi connectivity index (χ1v) is 11.8. The van der Waals surface area contributed by atoms with Crippen LogP contribution in [-0.4, -0.2) is 93.0 Å². The molecule has 2 bridgehead atoms. The Balaban J connectivity index is 1.58. The van der Waals surface area contributed by atoms with Crippen molar-refractivity contribution in [2.75, 3.05) is 41.4 Å². The summed E-state index contributed by atoms with van der Waals surface area (Å²) in [7, 11) is 0. The van der Waals surface area contributed by atoms with Crippen LogP contribution in [0.25, 0.3) is 0 Å². The van der Waals surface area contributed by atoms with Gasteiger partial charge in [-0.1, -0.05) is 0 Å². The maximum atomic E-state index is 13.4. The third kappa shape index (κ3) is 5.85. The fourth-order valence-electron chi connectivity index (χ4n) is 4.21. The first kappa shape index (κ1) is 27.3. The van der Waals surface area contributed by atoms with Crippen molar-refractivity contribution in [1.29, 1.82) is 0 Å². The number of rotatable bonds is 7. The molecule has 0 aliphatic carbocycles. The molecule has 13 nitrogen and oxygen atoms in total. The van der Waals surface area contributed by atoms with Crippen LogP contribution in [0.15, 0.2) is 12.1 Å². The molecule has 3 atom stereocenters. The number of nitrogens with one attached hydrogen (secondary N) is 2. The number of anilines is 3. The molecule has 0 aromatic carbocycles. The lowest BCUT2D eigenvalue weighted by atomic mass is 9.99. The highest BCUT2D eigenvalue weighted by Gasteiger charge is 2.41. The van der Waals surface area contributed by atoms with Gasteiger partial charge in [-0.3, -0.25) is 15.0 Å². The Morgan fingerprint density at radius 2 is 2.03 bits per heavy atom. The lowest BCUT2D eigenvalue weighted by Gasteiger charge is -2.46. The zero-order chi connectivity index (χ0) is 27.6. The van der Waals surface area contributed by atoms with E-state index in [4.69, 9.17) is 9.84 Å². The molecule has 0 spiro atoms. The van der Waals surface area contributed by atoms with Crippen molar-refractivity contribution in [2.45, 2.75) is 51.1 Å². The molecule has 0 radical (unpaired) electrons. The predicted molar refractivity (Wildman–Crippen MR) is 127 cm³/mol. The van der Waals surface area contributed by atoms with Gasteiger partial charge in [0.1, 0.15) is 24.4 Å². The van der Waals surface area contributed by atoms with Gasteiger partial charge in [0, 0.05) is 19.2 Å². The van der Waals surface area contributed by atoms with Gasteiger partial charge in [-0.25, -0.2) is 14.8 Å². The number of halogens is 3. The van der Waals surface area contributed by atoms with Crippen LogP contribution in [0, 0.1) is 6.92 Å². The first-order chi connectivity index (χ1) is 18.0. The van der Waals surface area contributed by atoms with Crippen LogP contribution in [0.1, 0.15) is 36.1 Å². The van der Waals surface area contributed by atoms with Crippen LogP contribution in [0.4, 0.5) is 35.3 Å². The fourth-order valence-corrected chi connectivity index (χ4v) is 4.21. The van der Waals surface area contributed by atoms with Crippen LogP contribution in [-0.2, 0) is 0 Å². The van der Waals surface area contributed by atoms with Crippen LogP contribution in [0.3, 0.4) is 0 Å². The second kappa shape index (κ2) is 10.9. The second-order valence-electron chi connectivity index (χ2n) is 8.99. The molecule has 2 aromatic heterocycles. The van der Waals surface area contributed by atoms with Crippen LogP contribution in [0.2, 0.25) is 0 Å². The molecular formula is C22H27F3N8O5. The number of nitrogens with zero attached hydrogens (tertiary/aromatic N) is 6. The van der Waals surface area contributed by atoms with Gasteiger partial charge in [0.25, 0.3) is 5.91 Å². The minimum Gasteiger partial charge on any atom is -0.474 e. The third-order valence-corrected chi connectivity index (χ3v) is 6.12. The summed E-state index contributed by atoms with van der Waals surface area (Å²) in [5.74, 6) is -1.34. The van der Waals surface area contributed by atoms with E-state index in [1.54, 1.807) is 6.92 Å². The fraction of sp³-hybridized carbons (Fsp3) is 0.545. The molecule has 0 saturated carbocycles. The summed E-state index contributed by atoms with van der Waals surface area (Å²) in [4.78, 5) is 37.7. The molecule has 4 rings (SSSR count). The van der Waals surface area contributed by atoms with Crippen molar-refractivity contribution < 1.29 is 37.7 Å². The largest absolute Gasteiger partial charge is 0.474 e. The second-order valence-corrected chi connectivity index (χ2v) is 8.99.